The molecule has 1 aromatic carbocycles. The summed E-state index contributed by atoms with van der Waals surface area (Å²) in [5.41, 5.74) is 8.16. The van der Waals surface area contributed by atoms with Gasteiger partial charge >= 0.3 is 0 Å². The van der Waals surface area contributed by atoms with Crippen LogP contribution in [0, 0.1) is 6.92 Å². The van der Waals surface area contributed by atoms with E-state index in [9.17, 15) is 5.11 Å². The van der Waals surface area contributed by atoms with Gasteiger partial charge < -0.3 is 15.6 Å². The van der Waals surface area contributed by atoms with Gasteiger partial charge in [0.15, 0.2) is 0 Å². The lowest BCUT2D eigenvalue weighted by Gasteiger charge is -2.15. The highest BCUT2D eigenvalue weighted by atomic mass is 35.5. The second-order valence-electron chi connectivity index (χ2n) is 3.75. The van der Waals surface area contributed by atoms with Gasteiger partial charge in [-0.25, -0.2) is 0 Å². The molecule has 0 aliphatic carbocycles. The highest BCUT2D eigenvalue weighted by Gasteiger charge is 2.24. The van der Waals surface area contributed by atoms with E-state index in [1.165, 1.54) is 0 Å². The Morgan fingerprint density at radius 1 is 1.67 bits per heavy atom. The van der Waals surface area contributed by atoms with Crippen LogP contribution >= 0.6 is 11.6 Å². The minimum absolute atomic E-state index is 0.191. The molecule has 15 heavy (non-hydrogen) atoms. The van der Waals surface area contributed by atoms with Crippen LogP contribution in [0.15, 0.2) is 6.07 Å². The zero-order valence-electron chi connectivity index (χ0n) is 8.59. The molecule has 1 unspecified atom stereocenters. The van der Waals surface area contributed by atoms with Crippen molar-refractivity contribution in [2.45, 2.75) is 19.4 Å². The number of aliphatic hydroxyl groups is 1. The molecule has 0 aromatic heterocycles. The molecule has 2 rings (SSSR count). The summed E-state index contributed by atoms with van der Waals surface area (Å²) in [4.78, 5) is 0. The number of benzene rings is 1. The van der Waals surface area contributed by atoms with Crippen LogP contribution in [0.2, 0.25) is 5.02 Å². The topological polar surface area (TPSA) is 55.5 Å². The first-order chi connectivity index (χ1) is 7.15. The molecule has 0 amide bonds. The van der Waals surface area contributed by atoms with Crippen LogP contribution in [0.5, 0.6) is 5.75 Å². The molecule has 1 heterocycles. The van der Waals surface area contributed by atoms with Crippen molar-refractivity contribution in [3.8, 4) is 5.75 Å². The van der Waals surface area contributed by atoms with Crippen molar-refractivity contribution in [3.05, 3.63) is 27.8 Å². The van der Waals surface area contributed by atoms with Gasteiger partial charge in [0.1, 0.15) is 5.75 Å². The molecule has 1 aliphatic rings. The summed E-state index contributed by atoms with van der Waals surface area (Å²) in [6, 6.07) is 1.85. The lowest BCUT2D eigenvalue weighted by atomic mass is 10.00. The highest BCUT2D eigenvalue weighted by Crippen LogP contribution is 2.39. The van der Waals surface area contributed by atoms with Crippen LogP contribution < -0.4 is 10.5 Å². The smallest absolute Gasteiger partial charge is 0.129 e. The molecule has 4 heteroatoms. The molecule has 1 aromatic rings. The predicted octanol–water partition coefficient (Wildman–Crippen LogP) is 1.58. The first-order valence-electron chi connectivity index (χ1n) is 4.98. The third kappa shape index (κ3) is 1.71. The molecule has 0 fully saturated rings. The van der Waals surface area contributed by atoms with E-state index in [0.717, 1.165) is 33.9 Å². The molecule has 82 valence electrons. The van der Waals surface area contributed by atoms with E-state index in [0.29, 0.717) is 6.61 Å². The van der Waals surface area contributed by atoms with E-state index >= 15 is 0 Å². The third-order valence-electron chi connectivity index (χ3n) is 2.70. The second kappa shape index (κ2) is 4.00. The van der Waals surface area contributed by atoms with Gasteiger partial charge in [0.05, 0.1) is 17.7 Å². The number of ether oxygens (including phenoxy) is 1. The van der Waals surface area contributed by atoms with E-state index in [2.05, 4.69) is 0 Å². The van der Waals surface area contributed by atoms with Gasteiger partial charge in [0.2, 0.25) is 0 Å². The van der Waals surface area contributed by atoms with Gasteiger partial charge in [0.25, 0.3) is 0 Å². The lowest BCUT2D eigenvalue weighted by molar-refractivity contribution is 0.181. The Morgan fingerprint density at radius 2 is 2.40 bits per heavy atom. The van der Waals surface area contributed by atoms with Gasteiger partial charge in [-0.2, -0.15) is 0 Å². The average Bonchev–Trinajstić information content (AvgIpc) is 2.71. The normalized spacial score (nSPS) is 16.0. The Bertz CT molecular complexity index is 393. The summed E-state index contributed by atoms with van der Waals surface area (Å²) in [5.74, 6) is 0.726. The molecule has 3 N–H and O–H groups in total. The minimum atomic E-state index is -0.673. The van der Waals surface area contributed by atoms with Crippen LogP contribution in [-0.2, 0) is 6.42 Å². The molecule has 0 saturated carbocycles. The summed E-state index contributed by atoms with van der Waals surface area (Å²) in [5, 5.41) is 10.5. The Labute approximate surface area is 93.8 Å². The summed E-state index contributed by atoms with van der Waals surface area (Å²) in [6.07, 6.45) is 0.132. The Balaban J connectivity index is 2.57. The van der Waals surface area contributed by atoms with E-state index in [4.69, 9.17) is 22.1 Å². The SMILES string of the molecule is Cc1cc(C(O)CN)c2c(c1Cl)CCO2. The Kier molecular flexibility index (Phi) is 2.87. The van der Waals surface area contributed by atoms with E-state index < -0.39 is 6.10 Å². The summed E-state index contributed by atoms with van der Waals surface area (Å²) < 4.78 is 5.49. The van der Waals surface area contributed by atoms with Crippen LogP contribution in [0.25, 0.3) is 0 Å². The number of aryl methyl sites for hydroxylation is 1. The molecule has 0 radical (unpaired) electrons. The maximum absolute atomic E-state index is 9.76. The molecule has 3 nitrogen and oxygen atoms in total. The Hall–Kier alpha value is -0.770. The number of fused-ring (bicyclic) bond motifs is 1. The number of halogens is 1. The maximum Gasteiger partial charge on any atom is 0.129 e. The van der Waals surface area contributed by atoms with Gasteiger partial charge in [0, 0.05) is 24.1 Å². The summed E-state index contributed by atoms with van der Waals surface area (Å²) in [6.45, 7) is 2.74. The monoisotopic (exact) mass is 227 g/mol. The molecular formula is C11H14ClNO2. The summed E-state index contributed by atoms with van der Waals surface area (Å²) in [7, 11) is 0. The summed E-state index contributed by atoms with van der Waals surface area (Å²) >= 11 is 6.17. The standard InChI is InChI=1S/C11H14ClNO2/c1-6-4-8(9(14)5-13)11-7(10(6)12)2-3-15-11/h4,9,14H,2-3,5,13H2,1H3. The number of hydrogen-bond acceptors (Lipinski definition) is 3. The molecule has 1 atom stereocenters. The van der Waals surface area contributed by atoms with Gasteiger partial charge in [-0.1, -0.05) is 11.6 Å². The first kappa shape index (κ1) is 10.7. The van der Waals surface area contributed by atoms with E-state index in [1.54, 1.807) is 0 Å². The first-order valence-corrected chi connectivity index (χ1v) is 5.35. The number of rotatable bonds is 2. The quantitative estimate of drug-likeness (QED) is 0.807. The van der Waals surface area contributed by atoms with E-state index in [-0.39, 0.29) is 6.54 Å². The van der Waals surface area contributed by atoms with Crippen molar-refractivity contribution in [3.63, 3.8) is 0 Å². The van der Waals surface area contributed by atoms with E-state index in [1.807, 2.05) is 13.0 Å². The van der Waals surface area contributed by atoms with Crippen molar-refractivity contribution in [2.75, 3.05) is 13.2 Å². The van der Waals surface area contributed by atoms with Crippen LogP contribution in [0.1, 0.15) is 22.8 Å². The van der Waals surface area contributed by atoms with Gasteiger partial charge in [-0.05, 0) is 18.6 Å². The molecule has 1 aliphatic heterocycles. The zero-order chi connectivity index (χ0) is 11.0. The fourth-order valence-corrected chi connectivity index (χ4v) is 2.13. The van der Waals surface area contributed by atoms with Crippen LogP contribution in [0.3, 0.4) is 0 Å². The third-order valence-corrected chi connectivity index (χ3v) is 3.23. The van der Waals surface area contributed by atoms with Crippen molar-refractivity contribution < 1.29 is 9.84 Å². The van der Waals surface area contributed by atoms with Crippen LogP contribution in [0.4, 0.5) is 0 Å². The van der Waals surface area contributed by atoms with Crippen molar-refractivity contribution in [2.24, 2.45) is 5.73 Å². The lowest BCUT2D eigenvalue weighted by Crippen LogP contribution is -2.12. The van der Waals surface area contributed by atoms with Gasteiger partial charge in [-0.15, -0.1) is 0 Å². The van der Waals surface area contributed by atoms with Crippen molar-refractivity contribution >= 4 is 11.6 Å². The predicted molar refractivity (Wildman–Crippen MR) is 59.4 cm³/mol. The van der Waals surface area contributed by atoms with Gasteiger partial charge in [-0.3, -0.25) is 0 Å². The fraction of sp³-hybridized carbons (Fsp3) is 0.455. The number of nitrogens with two attached hydrogens (primary N) is 1. The largest absolute Gasteiger partial charge is 0.493 e. The molecule has 0 bridgehead atoms. The molecule has 0 spiro atoms. The maximum atomic E-state index is 9.76. The second-order valence-corrected chi connectivity index (χ2v) is 4.13. The molecule has 0 saturated heterocycles. The van der Waals surface area contributed by atoms with Crippen molar-refractivity contribution in [1.29, 1.82) is 0 Å². The minimum Gasteiger partial charge on any atom is -0.493 e. The Morgan fingerprint density at radius 3 is 3.07 bits per heavy atom. The highest BCUT2D eigenvalue weighted by molar-refractivity contribution is 6.32. The fourth-order valence-electron chi connectivity index (χ4n) is 1.90. The average molecular weight is 228 g/mol. The van der Waals surface area contributed by atoms with Crippen LogP contribution in [-0.4, -0.2) is 18.3 Å². The van der Waals surface area contributed by atoms with Crippen molar-refractivity contribution in [1.82, 2.24) is 0 Å². The number of aliphatic hydroxyl groups excluding tert-OH is 1. The zero-order valence-corrected chi connectivity index (χ0v) is 9.34. The molecular weight excluding hydrogens is 214 g/mol. The number of hydrogen-bond donors (Lipinski definition) is 2.